The first-order chi connectivity index (χ1) is 17.2. The van der Waals surface area contributed by atoms with E-state index in [-0.39, 0.29) is 39.6 Å². The maximum absolute atomic E-state index is 15.4. The van der Waals surface area contributed by atoms with Gasteiger partial charge in [-0.05, 0) is 30.0 Å². The average Bonchev–Trinajstić information content (AvgIpc) is 3.34. The van der Waals surface area contributed by atoms with Crippen molar-refractivity contribution in [2.45, 2.75) is 25.8 Å². The van der Waals surface area contributed by atoms with Crippen LogP contribution in [-0.2, 0) is 9.47 Å². The highest BCUT2D eigenvalue weighted by atomic mass is 35.5. The number of anilines is 2. The van der Waals surface area contributed by atoms with Crippen molar-refractivity contribution in [2.24, 2.45) is 0 Å². The monoisotopic (exact) mass is 520 g/mol. The number of ether oxygens (including phenoxy) is 3. The van der Waals surface area contributed by atoms with E-state index < -0.39 is 30.9 Å². The molecule has 0 bridgehead atoms. The second-order valence-electron chi connectivity index (χ2n) is 8.23. The summed E-state index contributed by atoms with van der Waals surface area (Å²) >= 11 is 6.31. The van der Waals surface area contributed by atoms with Crippen LogP contribution < -0.4 is 15.0 Å². The molecule has 2 aliphatic heterocycles. The molecule has 2 amide bonds. The SMILES string of the molecule is Cc1c(-c2cc3cc(NC(=O)O[C@@H]4CCOC4)ncc3c(Cl)c2F)cnc2c1N(C(=O)O)CC(F)O2. The van der Waals surface area contributed by atoms with Gasteiger partial charge in [-0.2, -0.15) is 4.39 Å². The first-order valence-electron chi connectivity index (χ1n) is 10.9. The summed E-state index contributed by atoms with van der Waals surface area (Å²) in [7, 11) is 0. The topological polar surface area (TPSA) is 123 Å². The molecule has 2 aliphatic rings. The molecule has 0 aliphatic carbocycles. The third kappa shape index (κ3) is 4.33. The molecule has 3 aromatic rings. The lowest BCUT2D eigenvalue weighted by atomic mass is 9.97. The maximum atomic E-state index is 15.4. The van der Waals surface area contributed by atoms with Crippen molar-refractivity contribution in [1.82, 2.24) is 9.97 Å². The number of hydrogen-bond acceptors (Lipinski definition) is 7. The Hall–Kier alpha value is -3.77. The predicted molar refractivity (Wildman–Crippen MR) is 125 cm³/mol. The van der Waals surface area contributed by atoms with Gasteiger partial charge in [-0.15, -0.1) is 0 Å². The Bertz CT molecular complexity index is 1380. The summed E-state index contributed by atoms with van der Waals surface area (Å²) in [4.78, 5) is 32.8. The number of amides is 2. The molecule has 0 spiro atoms. The minimum absolute atomic E-state index is 0.0141. The summed E-state index contributed by atoms with van der Waals surface area (Å²) in [5.74, 6) is -0.842. The van der Waals surface area contributed by atoms with E-state index in [0.29, 0.717) is 36.0 Å². The van der Waals surface area contributed by atoms with Gasteiger partial charge in [0.25, 0.3) is 6.36 Å². The molecule has 0 saturated carbocycles. The van der Waals surface area contributed by atoms with Gasteiger partial charge in [0.15, 0.2) is 0 Å². The number of alkyl halides is 1. The van der Waals surface area contributed by atoms with Gasteiger partial charge in [0.2, 0.25) is 5.88 Å². The summed E-state index contributed by atoms with van der Waals surface area (Å²) < 4.78 is 44.7. The van der Waals surface area contributed by atoms with Crippen molar-refractivity contribution in [3.63, 3.8) is 0 Å². The molecule has 1 saturated heterocycles. The molecular weight excluding hydrogens is 502 g/mol. The smallest absolute Gasteiger partial charge is 0.413 e. The third-order valence-electron chi connectivity index (χ3n) is 5.92. The molecule has 5 rings (SSSR count). The first kappa shape index (κ1) is 23.9. The van der Waals surface area contributed by atoms with Gasteiger partial charge < -0.3 is 19.3 Å². The van der Waals surface area contributed by atoms with Crippen LogP contribution in [0.1, 0.15) is 12.0 Å². The molecule has 2 aromatic heterocycles. The van der Waals surface area contributed by atoms with E-state index in [0.717, 1.165) is 4.90 Å². The van der Waals surface area contributed by atoms with E-state index in [1.807, 2.05) is 0 Å². The minimum Gasteiger partial charge on any atom is -0.465 e. The summed E-state index contributed by atoms with van der Waals surface area (Å²) in [6.45, 7) is 1.83. The predicted octanol–water partition coefficient (Wildman–Crippen LogP) is 4.91. The number of halogens is 3. The van der Waals surface area contributed by atoms with E-state index in [2.05, 4.69) is 15.3 Å². The van der Waals surface area contributed by atoms with Crippen LogP contribution in [0.25, 0.3) is 21.9 Å². The van der Waals surface area contributed by atoms with Crippen molar-refractivity contribution < 1.29 is 37.7 Å². The highest BCUT2D eigenvalue weighted by Gasteiger charge is 2.33. The Kier molecular flexibility index (Phi) is 6.22. The molecule has 36 heavy (non-hydrogen) atoms. The number of pyridine rings is 2. The standard InChI is InChI=1S/C23H19ClF2N4O6/c1-10-14(6-28-21-20(10)30(23(32)33)8-16(25)36-21)13-4-11-5-17(27-7-15(11)18(24)19(13)26)29-22(31)35-12-2-3-34-9-12/h4-7,12,16H,2-3,8-9H2,1H3,(H,32,33)(H,27,29,31)/t12-,16?/m1/s1. The molecule has 1 aromatic carbocycles. The van der Waals surface area contributed by atoms with Crippen molar-refractivity contribution in [2.75, 3.05) is 30.0 Å². The molecule has 1 unspecified atom stereocenters. The summed E-state index contributed by atoms with van der Waals surface area (Å²) in [6, 6.07) is 2.97. The van der Waals surface area contributed by atoms with Gasteiger partial charge in [0.05, 0.1) is 24.8 Å². The lowest BCUT2D eigenvalue weighted by Gasteiger charge is -2.30. The van der Waals surface area contributed by atoms with Crippen LogP contribution in [0.3, 0.4) is 0 Å². The number of carboxylic acid groups (broad SMARTS) is 1. The molecular formula is C23H19ClF2N4O6. The highest BCUT2D eigenvalue weighted by molar-refractivity contribution is 6.36. The molecule has 0 radical (unpaired) electrons. The maximum Gasteiger partial charge on any atom is 0.413 e. The Labute approximate surface area is 207 Å². The fraction of sp³-hybridized carbons (Fsp3) is 0.304. The zero-order valence-corrected chi connectivity index (χ0v) is 19.5. The molecule has 4 heterocycles. The van der Waals surface area contributed by atoms with Gasteiger partial charge in [0, 0.05) is 35.3 Å². The van der Waals surface area contributed by atoms with Crippen molar-refractivity contribution >= 4 is 46.1 Å². The first-order valence-corrected chi connectivity index (χ1v) is 11.2. The van der Waals surface area contributed by atoms with Gasteiger partial charge >= 0.3 is 12.2 Å². The number of rotatable bonds is 3. The van der Waals surface area contributed by atoms with E-state index in [1.54, 1.807) is 6.92 Å². The third-order valence-corrected chi connectivity index (χ3v) is 6.29. The quantitative estimate of drug-likeness (QED) is 0.499. The number of carbonyl (C=O) groups excluding carboxylic acids is 1. The van der Waals surface area contributed by atoms with Gasteiger partial charge in [-0.3, -0.25) is 10.2 Å². The van der Waals surface area contributed by atoms with E-state index in [9.17, 15) is 19.1 Å². The molecule has 2 atom stereocenters. The largest absolute Gasteiger partial charge is 0.465 e. The zero-order chi connectivity index (χ0) is 25.6. The van der Waals surface area contributed by atoms with Gasteiger partial charge in [0.1, 0.15) is 23.4 Å². The van der Waals surface area contributed by atoms with Gasteiger partial charge in [-0.1, -0.05) is 11.6 Å². The summed E-state index contributed by atoms with van der Waals surface area (Å²) in [6.07, 6.45) is -1.17. The number of benzene rings is 1. The van der Waals surface area contributed by atoms with E-state index in [1.165, 1.54) is 24.5 Å². The second-order valence-corrected chi connectivity index (χ2v) is 8.61. The van der Waals surface area contributed by atoms with Gasteiger partial charge in [-0.25, -0.2) is 23.9 Å². The second kappa shape index (κ2) is 9.36. The zero-order valence-electron chi connectivity index (χ0n) is 18.8. The van der Waals surface area contributed by atoms with E-state index in [4.69, 9.17) is 25.8 Å². The van der Waals surface area contributed by atoms with Crippen molar-refractivity contribution in [3.8, 4) is 17.0 Å². The molecule has 1 fully saturated rings. The fourth-order valence-corrected chi connectivity index (χ4v) is 4.46. The van der Waals surface area contributed by atoms with Crippen LogP contribution in [0, 0.1) is 12.7 Å². The Morgan fingerprint density at radius 3 is 2.81 bits per heavy atom. The fourth-order valence-electron chi connectivity index (χ4n) is 4.20. The number of aromatic nitrogens is 2. The van der Waals surface area contributed by atoms with Crippen LogP contribution in [-0.4, -0.2) is 59.5 Å². The Balaban J connectivity index is 1.54. The number of nitrogens with one attached hydrogen (secondary N) is 1. The molecule has 10 nitrogen and oxygen atoms in total. The van der Waals surface area contributed by atoms with Crippen LogP contribution in [0.15, 0.2) is 24.5 Å². The number of hydrogen-bond donors (Lipinski definition) is 2. The van der Waals surface area contributed by atoms with Crippen molar-refractivity contribution in [3.05, 3.63) is 40.9 Å². The summed E-state index contributed by atoms with van der Waals surface area (Å²) in [5.41, 5.74) is 0.573. The number of carbonyl (C=O) groups is 2. The van der Waals surface area contributed by atoms with E-state index >= 15 is 4.39 Å². The van der Waals surface area contributed by atoms with Crippen LogP contribution >= 0.6 is 11.6 Å². The Morgan fingerprint density at radius 1 is 1.28 bits per heavy atom. The molecule has 2 N–H and O–H groups in total. The van der Waals surface area contributed by atoms with Crippen molar-refractivity contribution in [1.29, 1.82) is 0 Å². The number of nitrogens with zero attached hydrogens (tertiary/aromatic N) is 3. The average molecular weight is 521 g/mol. The van der Waals surface area contributed by atoms with Crippen LogP contribution in [0.5, 0.6) is 5.88 Å². The van der Waals surface area contributed by atoms with Crippen LogP contribution in [0.2, 0.25) is 5.02 Å². The number of fused-ring (bicyclic) bond motifs is 2. The molecule has 188 valence electrons. The lowest BCUT2D eigenvalue weighted by molar-refractivity contribution is 0.0595. The lowest BCUT2D eigenvalue weighted by Crippen LogP contribution is -2.41. The molecule has 13 heteroatoms. The normalized spacial score (nSPS) is 19.1. The highest BCUT2D eigenvalue weighted by Crippen LogP contribution is 2.42. The minimum atomic E-state index is -1.88. The summed E-state index contributed by atoms with van der Waals surface area (Å²) in [5, 5.41) is 12.6. The Morgan fingerprint density at radius 2 is 2.08 bits per heavy atom. The van der Waals surface area contributed by atoms with Crippen LogP contribution in [0.4, 0.5) is 29.9 Å².